The summed E-state index contributed by atoms with van der Waals surface area (Å²) >= 11 is 0. The molecule has 5 nitrogen and oxygen atoms in total. The fourth-order valence-corrected chi connectivity index (χ4v) is 2.44. The van der Waals surface area contributed by atoms with Gasteiger partial charge < -0.3 is 10.1 Å². The number of para-hydroxylation sites is 1. The maximum Gasteiger partial charge on any atom is 0.343 e. The van der Waals surface area contributed by atoms with E-state index >= 15 is 0 Å². The summed E-state index contributed by atoms with van der Waals surface area (Å²) in [6, 6.07) is 22.3. The zero-order chi connectivity index (χ0) is 20.6. The van der Waals surface area contributed by atoms with E-state index in [1.54, 1.807) is 66.7 Å². The number of hydrogen-bond donors (Lipinski definition) is 1. The van der Waals surface area contributed by atoms with Crippen LogP contribution in [0.3, 0.4) is 0 Å². The molecular weight excluding hydrogens is 371 g/mol. The first-order chi connectivity index (χ1) is 14.1. The van der Waals surface area contributed by atoms with Crippen LogP contribution >= 0.6 is 0 Å². The third-order valence-corrected chi connectivity index (χ3v) is 3.90. The molecular formula is C23H15FN2O3. The van der Waals surface area contributed by atoms with Crippen molar-refractivity contribution in [2.75, 3.05) is 5.32 Å². The van der Waals surface area contributed by atoms with Crippen molar-refractivity contribution in [3.05, 3.63) is 101 Å². The van der Waals surface area contributed by atoms with Gasteiger partial charge in [-0.15, -0.1) is 0 Å². The van der Waals surface area contributed by atoms with Crippen molar-refractivity contribution in [1.29, 1.82) is 5.26 Å². The topological polar surface area (TPSA) is 79.2 Å². The number of nitrogens with one attached hydrogen (secondary N) is 1. The van der Waals surface area contributed by atoms with E-state index in [4.69, 9.17) is 4.74 Å². The quantitative estimate of drug-likeness (QED) is 0.301. The zero-order valence-corrected chi connectivity index (χ0v) is 15.1. The van der Waals surface area contributed by atoms with Crippen LogP contribution in [-0.2, 0) is 4.79 Å². The van der Waals surface area contributed by atoms with Gasteiger partial charge in [0.05, 0.1) is 11.3 Å². The highest BCUT2D eigenvalue weighted by Gasteiger charge is 2.12. The van der Waals surface area contributed by atoms with Crippen molar-refractivity contribution in [2.45, 2.75) is 0 Å². The Morgan fingerprint density at radius 3 is 2.24 bits per heavy atom. The average molecular weight is 386 g/mol. The second-order valence-electron chi connectivity index (χ2n) is 5.93. The van der Waals surface area contributed by atoms with E-state index < -0.39 is 17.7 Å². The Labute approximate surface area is 166 Å². The second kappa shape index (κ2) is 9.11. The van der Waals surface area contributed by atoms with E-state index in [2.05, 4.69) is 5.32 Å². The van der Waals surface area contributed by atoms with Crippen LogP contribution in [-0.4, -0.2) is 11.9 Å². The van der Waals surface area contributed by atoms with Crippen LogP contribution in [0.15, 0.2) is 84.4 Å². The van der Waals surface area contributed by atoms with Crippen LogP contribution in [0.25, 0.3) is 6.08 Å². The number of nitriles is 1. The molecule has 0 fully saturated rings. The van der Waals surface area contributed by atoms with Gasteiger partial charge in [0.1, 0.15) is 23.2 Å². The van der Waals surface area contributed by atoms with Crippen LogP contribution in [0.4, 0.5) is 10.1 Å². The standard InChI is InChI=1S/C23H15FN2O3/c24-20-8-4-5-9-21(20)26-22(27)18(15-25)14-16-10-12-19(13-11-16)29-23(28)17-6-2-1-3-7-17/h1-14H,(H,26,27). The molecule has 0 atom stereocenters. The Bertz CT molecular complexity index is 1100. The van der Waals surface area contributed by atoms with Crippen LogP contribution in [0, 0.1) is 17.1 Å². The number of rotatable bonds is 5. The minimum Gasteiger partial charge on any atom is -0.423 e. The van der Waals surface area contributed by atoms with Crippen LogP contribution in [0.1, 0.15) is 15.9 Å². The van der Waals surface area contributed by atoms with Gasteiger partial charge in [-0.05, 0) is 48.0 Å². The van der Waals surface area contributed by atoms with Gasteiger partial charge in [-0.1, -0.05) is 42.5 Å². The first kappa shape index (κ1) is 19.5. The zero-order valence-electron chi connectivity index (χ0n) is 15.1. The predicted molar refractivity (Wildman–Crippen MR) is 106 cm³/mol. The smallest absolute Gasteiger partial charge is 0.343 e. The fraction of sp³-hybridized carbons (Fsp3) is 0. The maximum absolute atomic E-state index is 13.7. The number of esters is 1. The average Bonchev–Trinajstić information content (AvgIpc) is 2.75. The lowest BCUT2D eigenvalue weighted by Gasteiger charge is -2.06. The molecule has 0 saturated heterocycles. The lowest BCUT2D eigenvalue weighted by atomic mass is 10.1. The molecule has 142 valence electrons. The normalized spacial score (nSPS) is 10.7. The molecule has 0 aliphatic rings. The van der Waals surface area contributed by atoms with Crippen molar-refractivity contribution in [2.24, 2.45) is 0 Å². The van der Waals surface area contributed by atoms with Crippen LogP contribution in [0.5, 0.6) is 5.75 Å². The minimum atomic E-state index is -0.725. The molecule has 1 N–H and O–H groups in total. The molecule has 0 saturated carbocycles. The minimum absolute atomic E-state index is 0.0122. The highest BCUT2D eigenvalue weighted by atomic mass is 19.1. The second-order valence-corrected chi connectivity index (χ2v) is 5.93. The van der Waals surface area contributed by atoms with Gasteiger partial charge >= 0.3 is 5.97 Å². The Hall–Kier alpha value is -4.24. The van der Waals surface area contributed by atoms with E-state index in [0.717, 1.165) is 0 Å². The first-order valence-corrected chi connectivity index (χ1v) is 8.62. The van der Waals surface area contributed by atoms with Crippen LogP contribution < -0.4 is 10.1 Å². The van der Waals surface area contributed by atoms with Crippen molar-refractivity contribution in [1.82, 2.24) is 0 Å². The Kier molecular flexibility index (Phi) is 6.13. The van der Waals surface area contributed by atoms with Gasteiger partial charge in [0.25, 0.3) is 5.91 Å². The van der Waals surface area contributed by atoms with Gasteiger partial charge in [0.2, 0.25) is 0 Å². The highest BCUT2D eigenvalue weighted by molar-refractivity contribution is 6.09. The number of carbonyl (C=O) groups is 2. The van der Waals surface area contributed by atoms with Crippen molar-refractivity contribution in [3.8, 4) is 11.8 Å². The third kappa shape index (κ3) is 5.15. The molecule has 1 amide bonds. The van der Waals surface area contributed by atoms with Crippen molar-refractivity contribution < 1.29 is 18.7 Å². The molecule has 0 heterocycles. The number of hydrogen-bond acceptors (Lipinski definition) is 4. The fourth-order valence-electron chi connectivity index (χ4n) is 2.44. The number of benzene rings is 3. The molecule has 0 unspecified atom stereocenters. The number of halogens is 1. The van der Waals surface area contributed by atoms with Crippen LogP contribution in [0.2, 0.25) is 0 Å². The van der Waals surface area contributed by atoms with Gasteiger partial charge in [-0.2, -0.15) is 5.26 Å². The number of amides is 1. The Morgan fingerprint density at radius 1 is 0.931 bits per heavy atom. The molecule has 0 aliphatic heterocycles. The molecule has 6 heteroatoms. The van der Waals surface area contributed by atoms with E-state index in [0.29, 0.717) is 16.9 Å². The number of ether oxygens (including phenoxy) is 1. The number of nitrogens with zero attached hydrogens (tertiary/aromatic N) is 1. The molecule has 3 aromatic rings. The maximum atomic E-state index is 13.7. The molecule has 0 aromatic heterocycles. The summed E-state index contributed by atoms with van der Waals surface area (Å²) in [4.78, 5) is 24.3. The van der Waals surface area contributed by atoms with Crippen molar-refractivity contribution >= 4 is 23.6 Å². The SMILES string of the molecule is N#CC(=Cc1ccc(OC(=O)c2ccccc2)cc1)C(=O)Nc1ccccc1F. The lowest BCUT2D eigenvalue weighted by molar-refractivity contribution is -0.112. The van der Waals surface area contributed by atoms with Crippen molar-refractivity contribution in [3.63, 3.8) is 0 Å². The third-order valence-electron chi connectivity index (χ3n) is 3.90. The predicted octanol–water partition coefficient (Wildman–Crippen LogP) is 4.59. The summed E-state index contributed by atoms with van der Waals surface area (Å²) in [6.45, 7) is 0. The first-order valence-electron chi connectivity index (χ1n) is 8.62. The molecule has 29 heavy (non-hydrogen) atoms. The lowest BCUT2D eigenvalue weighted by Crippen LogP contribution is -2.14. The summed E-state index contributed by atoms with van der Waals surface area (Å²) in [6.07, 6.45) is 1.36. The van der Waals surface area contributed by atoms with E-state index in [-0.39, 0.29) is 11.3 Å². The summed E-state index contributed by atoms with van der Waals surface area (Å²) < 4.78 is 18.9. The Balaban J connectivity index is 1.70. The van der Waals surface area contributed by atoms with E-state index in [1.807, 2.05) is 0 Å². The summed E-state index contributed by atoms with van der Waals surface area (Å²) in [5.74, 6) is -1.49. The van der Waals surface area contributed by atoms with E-state index in [1.165, 1.54) is 24.3 Å². The molecule has 0 bridgehead atoms. The van der Waals surface area contributed by atoms with Gasteiger partial charge in [-0.3, -0.25) is 4.79 Å². The monoisotopic (exact) mass is 386 g/mol. The van der Waals surface area contributed by atoms with Gasteiger partial charge in [0.15, 0.2) is 0 Å². The summed E-state index contributed by atoms with van der Waals surface area (Å²) in [5, 5.41) is 11.6. The number of anilines is 1. The molecule has 3 rings (SSSR count). The van der Waals surface area contributed by atoms with E-state index in [9.17, 15) is 19.2 Å². The van der Waals surface area contributed by atoms with Gasteiger partial charge in [-0.25, -0.2) is 9.18 Å². The molecule has 0 spiro atoms. The summed E-state index contributed by atoms with van der Waals surface area (Å²) in [7, 11) is 0. The molecule has 0 radical (unpaired) electrons. The highest BCUT2D eigenvalue weighted by Crippen LogP contribution is 2.18. The van der Waals surface area contributed by atoms with Gasteiger partial charge in [0, 0.05) is 0 Å². The molecule has 0 aliphatic carbocycles. The number of carbonyl (C=O) groups excluding carboxylic acids is 2. The largest absolute Gasteiger partial charge is 0.423 e. The Morgan fingerprint density at radius 2 is 1.59 bits per heavy atom. The molecule has 3 aromatic carbocycles. The summed E-state index contributed by atoms with van der Waals surface area (Å²) in [5.41, 5.74) is 0.766.